The molecule has 0 unspecified atom stereocenters. The van der Waals surface area contributed by atoms with Gasteiger partial charge >= 0.3 is 0 Å². The first-order valence-electron chi connectivity index (χ1n) is 5.88. The summed E-state index contributed by atoms with van der Waals surface area (Å²) in [6.45, 7) is 2.06. The van der Waals surface area contributed by atoms with Gasteiger partial charge in [0, 0.05) is 20.7 Å². The van der Waals surface area contributed by atoms with E-state index < -0.39 is 0 Å². The summed E-state index contributed by atoms with van der Waals surface area (Å²) in [5.74, 6) is 1.04. The molecule has 0 atom stereocenters. The Morgan fingerprint density at radius 2 is 1.89 bits per heavy atom. The molecule has 0 radical (unpaired) electrons. The van der Waals surface area contributed by atoms with E-state index in [1.807, 2.05) is 24.3 Å². The Balaban J connectivity index is 2.07. The van der Waals surface area contributed by atoms with E-state index >= 15 is 0 Å². The van der Waals surface area contributed by atoms with Gasteiger partial charge in [0.15, 0.2) is 0 Å². The van der Waals surface area contributed by atoms with Crippen molar-refractivity contribution in [2.45, 2.75) is 17.6 Å². The zero-order chi connectivity index (χ0) is 13.8. The normalized spacial score (nSPS) is 10.4. The van der Waals surface area contributed by atoms with Crippen molar-refractivity contribution in [2.24, 2.45) is 5.73 Å². The largest absolute Gasteiger partial charge is 0.384 e. The molecular formula is C15H15BrN2S. The molecule has 0 aliphatic carbocycles. The quantitative estimate of drug-likeness (QED) is 0.496. The Kier molecular flexibility index (Phi) is 4.66. The van der Waals surface area contributed by atoms with Crippen LogP contribution in [0, 0.1) is 12.3 Å². The van der Waals surface area contributed by atoms with E-state index in [9.17, 15) is 0 Å². The molecule has 0 amide bonds. The first-order chi connectivity index (χ1) is 9.06. The molecule has 2 aromatic rings. The van der Waals surface area contributed by atoms with Crippen LogP contribution in [-0.4, -0.2) is 5.84 Å². The minimum Gasteiger partial charge on any atom is -0.384 e. The molecule has 0 fully saturated rings. The van der Waals surface area contributed by atoms with Crippen LogP contribution < -0.4 is 5.73 Å². The summed E-state index contributed by atoms with van der Waals surface area (Å²) in [6.07, 6.45) is 0. The van der Waals surface area contributed by atoms with E-state index in [4.69, 9.17) is 11.1 Å². The second kappa shape index (κ2) is 6.26. The van der Waals surface area contributed by atoms with Gasteiger partial charge in [0.2, 0.25) is 0 Å². The summed E-state index contributed by atoms with van der Waals surface area (Å²) in [5, 5.41) is 7.43. The number of rotatable bonds is 4. The number of amidine groups is 1. The van der Waals surface area contributed by atoms with Gasteiger partial charge in [-0.1, -0.05) is 28.1 Å². The predicted octanol–water partition coefficient (Wildman–Crippen LogP) is 4.33. The van der Waals surface area contributed by atoms with Crippen LogP contribution in [0.5, 0.6) is 0 Å². The minimum absolute atomic E-state index is 0.121. The third-order valence-electron chi connectivity index (χ3n) is 2.86. The third-order valence-corrected chi connectivity index (χ3v) is 4.45. The van der Waals surface area contributed by atoms with Gasteiger partial charge in [-0.25, -0.2) is 0 Å². The highest BCUT2D eigenvalue weighted by Crippen LogP contribution is 2.26. The Morgan fingerprint density at radius 3 is 2.47 bits per heavy atom. The molecule has 3 N–H and O–H groups in total. The molecular weight excluding hydrogens is 320 g/mol. The maximum Gasteiger partial charge on any atom is 0.122 e. The van der Waals surface area contributed by atoms with Gasteiger partial charge in [0.25, 0.3) is 0 Å². The standard InChI is InChI=1S/C15H15BrN2S/c1-10-8-11(15(17)18)2-3-12(10)9-19-14-6-4-13(16)5-7-14/h2-8H,9H2,1H3,(H3,17,18). The fourth-order valence-electron chi connectivity index (χ4n) is 1.72. The van der Waals surface area contributed by atoms with E-state index in [0.717, 1.165) is 15.8 Å². The first kappa shape index (κ1) is 14.2. The van der Waals surface area contributed by atoms with Crippen LogP contribution >= 0.6 is 27.7 Å². The highest BCUT2D eigenvalue weighted by Gasteiger charge is 2.03. The average molecular weight is 335 g/mol. The zero-order valence-electron chi connectivity index (χ0n) is 10.6. The smallest absolute Gasteiger partial charge is 0.122 e. The summed E-state index contributed by atoms with van der Waals surface area (Å²) < 4.78 is 1.10. The molecule has 0 saturated carbocycles. The SMILES string of the molecule is Cc1cc(C(=N)N)ccc1CSc1ccc(Br)cc1. The summed E-state index contributed by atoms with van der Waals surface area (Å²) >= 11 is 5.24. The summed E-state index contributed by atoms with van der Waals surface area (Å²) in [6, 6.07) is 14.2. The Bertz CT molecular complexity index is 594. The molecule has 2 aromatic carbocycles. The number of nitrogens with one attached hydrogen (secondary N) is 1. The number of benzene rings is 2. The van der Waals surface area contributed by atoms with Crippen LogP contribution in [0.2, 0.25) is 0 Å². The van der Waals surface area contributed by atoms with E-state index in [-0.39, 0.29) is 5.84 Å². The zero-order valence-corrected chi connectivity index (χ0v) is 13.0. The second-order valence-electron chi connectivity index (χ2n) is 4.30. The van der Waals surface area contributed by atoms with Gasteiger partial charge in [-0.2, -0.15) is 0 Å². The Labute approximate surface area is 126 Å². The Morgan fingerprint density at radius 1 is 1.21 bits per heavy atom. The lowest BCUT2D eigenvalue weighted by atomic mass is 10.1. The number of hydrogen-bond donors (Lipinski definition) is 2. The molecule has 0 spiro atoms. The fourth-order valence-corrected chi connectivity index (χ4v) is 2.96. The molecule has 2 nitrogen and oxygen atoms in total. The molecule has 0 aromatic heterocycles. The topological polar surface area (TPSA) is 49.9 Å². The minimum atomic E-state index is 0.121. The van der Waals surface area contributed by atoms with Crippen LogP contribution in [0.3, 0.4) is 0 Å². The van der Waals surface area contributed by atoms with Crippen LogP contribution in [-0.2, 0) is 5.75 Å². The molecule has 98 valence electrons. The van der Waals surface area contributed by atoms with Gasteiger partial charge in [-0.05, 0) is 48.4 Å². The molecule has 0 saturated heterocycles. The van der Waals surface area contributed by atoms with E-state index in [1.54, 1.807) is 11.8 Å². The van der Waals surface area contributed by atoms with E-state index in [1.165, 1.54) is 16.0 Å². The maximum atomic E-state index is 7.43. The van der Waals surface area contributed by atoms with Crippen LogP contribution in [0.4, 0.5) is 0 Å². The molecule has 0 aliphatic heterocycles. The van der Waals surface area contributed by atoms with Crippen LogP contribution in [0.15, 0.2) is 51.8 Å². The molecule has 0 heterocycles. The van der Waals surface area contributed by atoms with Crippen molar-refractivity contribution in [3.05, 3.63) is 63.6 Å². The molecule has 19 heavy (non-hydrogen) atoms. The fraction of sp³-hybridized carbons (Fsp3) is 0.133. The number of halogens is 1. The lowest BCUT2D eigenvalue weighted by molar-refractivity contribution is 1.28. The summed E-state index contributed by atoms with van der Waals surface area (Å²) in [4.78, 5) is 1.25. The lowest BCUT2D eigenvalue weighted by Gasteiger charge is -2.08. The third kappa shape index (κ3) is 3.85. The van der Waals surface area contributed by atoms with Gasteiger partial charge < -0.3 is 5.73 Å². The lowest BCUT2D eigenvalue weighted by Crippen LogP contribution is -2.11. The summed E-state index contributed by atoms with van der Waals surface area (Å²) in [5.41, 5.74) is 8.73. The van der Waals surface area contributed by atoms with E-state index in [2.05, 4.69) is 41.1 Å². The molecule has 4 heteroatoms. The van der Waals surface area contributed by atoms with Gasteiger partial charge in [-0.15, -0.1) is 11.8 Å². The van der Waals surface area contributed by atoms with Crippen molar-refractivity contribution in [1.82, 2.24) is 0 Å². The first-order valence-corrected chi connectivity index (χ1v) is 7.66. The Hall–Kier alpha value is -1.26. The van der Waals surface area contributed by atoms with Gasteiger partial charge in [-0.3, -0.25) is 5.41 Å². The number of aryl methyl sites for hydroxylation is 1. The molecule has 2 rings (SSSR count). The monoisotopic (exact) mass is 334 g/mol. The van der Waals surface area contributed by atoms with Crippen molar-refractivity contribution in [2.75, 3.05) is 0 Å². The highest BCUT2D eigenvalue weighted by atomic mass is 79.9. The van der Waals surface area contributed by atoms with Gasteiger partial charge in [0.1, 0.15) is 5.84 Å². The van der Waals surface area contributed by atoms with Crippen molar-refractivity contribution >= 4 is 33.5 Å². The summed E-state index contributed by atoms with van der Waals surface area (Å²) in [7, 11) is 0. The van der Waals surface area contributed by atoms with Crippen molar-refractivity contribution in [3.63, 3.8) is 0 Å². The maximum absolute atomic E-state index is 7.43. The van der Waals surface area contributed by atoms with Crippen molar-refractivity contribution in [3.8, 4) is 0 Å². The number of nitrogen functional groups attached to an aromatic ring is 1. The molecule has 0 aliphatic rings. The average Bonchev–Trinajstić information content (AvgIpc) is 2.39. The molecule has 0 bridgehead atoms. The van der Waals surface area contributed by atoms with Crippen LogP contribution in [0.1, 0.15) is 16.7 Å². The predicted molar refractivity (Wildman–Crippen MR) is 85.9 cm³/mol. The number of nitrogens with two attached hydrogens (primary N) is 1. The number of thioether (sulfide) groups is 1. The van der Waals surface area contributed by atoms with Crippen molar-refractivity contribution < 1.29 is 0 Å². The van der Waals surface area contributed by atoms with E-state index in [0.29, 0.717) is 0 Å². The highest BCUT2D eigenvalue weighted by molar-refractivity contribution is 9.10. The van der Waals surface area contributed by atoms with Gasteiger partial charge in [0.05, 0.1) is 0 Å². The van der Waals surface area contributed by atoms with Crippen LogP contribution in [0.25, 0.3) is 0 Å². The number of hydrogen-bond acceptors (Lipinski definition) is 2. The van der Waals surface area contributed by atoms with Crippen molar-refractivity contribution in [1.29, 1.82) is 5.41 Å². The second-order valence-corrected chi connectivity index (χ2v) is 6.26.